The minimum Gasteiger partial charge on any atom is -0.508 e. The Morgan fingerprint density at radius 1 is 1.33 bits per heavy atom. The second-order valence-electron chi connectivity index (χ2n) is 6.67. The molecule has 1 unspecified atom stereocenters. The van der Waals surface area contributed by atoms with Gasteiger partial charge in [-0.1, -0.05) is 0 Å². The molecule has 4 N–H and O–H groups in total. The summed E-state index contributed by atoms with van der Waals surface area (Å²) in [5.41, 5.74) is 0.588. The van der Waals surface area contributed by atoms with E-state index in [0.29, 0.717) is 37.1 Å². The molecule has 162 valence electrons. The maximum absolute atomic E-state index is 13.9. The molecule has 1 saturated heterocycles. The topological polar surface area (TPSA) is 102 Å². The van der Waals surface area contributed by atoms with Crippen molar-refractivity contribution in [3.8, 4) is 5.75 Å². The Morgan fingerprint density at radius 3 is 2.80 bits per heavy atom. The number of aromatic nitrogens is 1. The SMILES string of the molecule is CCNC(=NCC(=O)Nc1ccc(O)cc1)NC1CCN(c2ncccc2F)C1.I. The molecule has 0 bridgehead atoms. The highest BCUT2D eigenvalue weighted by atomic mass is 127. The number of phenols is 1. The summed E-state index contributed by atoms with van der Waals surface area (Å²) in [6.45, 7) is 3.82. The fourth-order valence-electron chi connectivity index (χ4n) is 3.09. The highest BCUT2D eigenvalue weighted by Gasteiger charge is 2.26. The van der Waals surface area contributed by atoms with Crippen molar-refractivity contribution in [2.75, 3.05) is 36.4 Å². The smallest absolute Gasteiger partial charge is 0.246 e. The van der Waals surface area contributed by atoms with Crippen LogP contribution in [-0.2, 0) is 4.79 Å². The van der Waals surface area contributed by atoms with Gasteiger partial charge in [-0.05, 0) is 49.7 Å². The lowest BCUT2D eigenvalue weighted by Gasteiger charge is -2.19. The van der Waals surface area contributed by atoms with Crippen molar-refractivity contribution < 1.29 is 14.3 Å². The Bertz CT molecular complexity index is 865. The van der Waals surface area contributed by atoms with Crippen molar-refractivity contribution in [1.82, 2.24) is 15.6 Å². The number of nitrogens with one attached hydrogen (secondary N) is 3. The highest BCUT2D eigenvalue weighted by Crippen LogP contribution is 2.20. The van der Waals surface area contributed by atoms with Crippen LogP contribution in [0.5, 0.6) is 5.75 Å². The van der Waals surface area contributed by atoms with Crippen LogP contribution in [0, 0.1) is 5.82 Å². The highest BCUT2D eigenvalue weighted by molar-refractivity contribution is 14.0. The lowest BCUT2D eigenvalue weighted by atomic mass is 10.3. The van der Waals surface area contributed by atoms with Gasteiger partial charge in [0, 0.05) is 37.6 Å². The Hall–Kier alpha value is -2.63. The normalized spacial score (nSPS) is 16.0. The van der Waals surface area contributed by atoms with Gasteiger partial charge in [0.05, 0.1) is 0 Å². The van der Waals surface area contributed by atoms with Gasteiger partial charge in [-0.2, -0.15) is 0 Å². The number of carbonyl (C=O) groups is 1. The molecular formula is C20H26FIN6O2. The summed E-state index contributed by atoms with van der Waals surface area (Å²) in [5, 5.41) is 18.4. The maximum atomic E-state index is 13.9. The second kappa shape index (κ2) is 11.5. The average Bonchev–Trinajstić information content (AvgIpc) is 3.17. The van der Waals surface area contributed by atoms with Gasteiger partial charge in [0.15, 0.2) is 17.6 Å². The van der Waals surface area contributed by atoms with E-state index in [-0.39, 0.29) is 54.0 Å². The van der Waals surface area contributed by atoms with Crippen LogP contribution in [0.25, 0.3) is 0 Å². The van der Waals surface area contributed by atoms with Crippen molar-refractivity contribution in [1.29, 1.82) is 0 Å². The van der Waals surface area contributed by atoms with Crippen molar-refractivity contribution in [3.63, 3.8) is 0 Å². The predicted molar refractivity (Wildman–Crippen MR) is 126 cm³/mol. The minimum absolute atomic E-state index is 0. The summed E-state index contributed by atoms with van der Waals surface area (Å²) >= 11 is 0. The van der Waals surface area contributed by atoms with E-state index in [0.717, 1.165) is 6.42 Å². The molecule has 0 spiro atoms. The van der Waals surface area contributed by atoms with Crippen molar-refractivity contribution >= 4 is 47.3 Å². The first-order valence-corrected chi connectivity index (χ1v) is 9.54. The third-order valence-corrected chi connectivity index (χ3v) is 4.44. The molecule has 1 aliphatic heterocycles. The van der Waals surface area contributed by atoms with Crippen molar-refractivity contribution in [2.45, 2.75) is 19.4 Å². The molecular weight excluding hydrogens is 502 g/mol. The summed E-state index contributed by atoms with van der Waals surface area (Å²) < 4.78 is 13.9. The standard InChI is InChI=1S/C20H25FN6O2.HI/c1-2-22-20(24-12-18(29)25-14-5-7-16(28)8-6-14)26-15-9-11-27(13-15)19-17(21)4-3-10-23-19;/h3-8,10,15,28H,2,9,11-13H2,1H3,(H,25,29)(H2,22,24,26);1H. The molecule has 0 aliphatic carbocycles. The number of halogens is 2. The first kappa shape index (κ1) is 23.6. The quantitative estimate of drug-likeness (QED) is 0.199. The first-order chi connectivity index (χ1) is 14.0. The van der Waals surface area contributed by atoms with E-state index in [9.17, 15) is 14.3 Å². The third-order valence-electron chi connectivity index (χ3n) is 4.44. The van der Waals surface area contributed by atoms with E-state index in [1.54, 1.807) is 24.4 Å². The zero-order valence-corrected chi connectivity index (χ0v) is 19.0. The molecule has 10 heteroatoms. The number of amides is 1. The van der Waals surface area contributed by atoms with E-state index in [2.05, 4.69) is 25.9 Å². The summed E-state index contributed by atoms with van der Waals surface area (Å²) in [6.07, 6.45) is 2.39. The lowest BCUT2D eigenvalue weighted by Crippen LogP contribution is -2.45. The van der Waals surface area contributed by atoms with Gasteiger partial charge in [0.2, 0.25) is 5.91 Å². The molecule has 1 fully saturated rings. The molecule has 2 heterocycles. The monoisotopic (exact) mass is 528 g/mol. The number of nitrogens with zero attached hydrogens (tertiary/aromatic N) is 3. The number of carbonyl (C=O) groups excluding carboxylic acids is 1. The minimum atomic E-state index is -0.334. The fourth-order valence-corrected chi connectivity index (χ4v) is 3.09. The zero-order valence-electron chi connectivity index (χ0n) is 16.6. The number of aliphatic imine (C=N–C) groups is 1. The maximum Gasteiger partial charge on any atom is 0.246 e. The van der Waals surface area contributed by atoms with Crippen LogP contribution >= 0.6 is 24.0 Å². The molecule has 1 amide bonds. The van der Waals surface area contributed by atoms with Crippen LogP contribution in [0.3, 0.4) is 0 Å². The number of hydrogen-bond donors (Lipinski definition) is 4. The number of benzene rings is 1. The molecule has 8 nitrogen and oxygen atoms in total. The van der Waals surface area contributed by atoms with Gasteiger partial charge in [-0.25, -0.2) is 14.4 Å². The number of hydrogen-bond acceptors (Lipinski definition) is 5. The van der Waals surface area contributed by atoms with E-state index >= 15 is 0 Å². The Kier molecular flexibility index (Phi) is 9.09. The molecule has 1 atom stereocenters. The van der Waals surface area contributed by atoms with Crippen molar-refractivity contribution in [2.24, 2.45) is 4.99 Å². The lowest BCUT2D eigenvalue weighted by molar-refractivity contribution is -0.114. The van der Waals surface area contributed by atoms with Gasteiger partial charge in [0.25, 0.3) is 0 Å². The third kappa shape index (κ3) is 6.71. The molecule has 30 heavy (non-hydrogen) atoms. The number of anilines is 2. The molecule has 2 aromatic rings. The first-order valence-electron chi connectivity index (χ1n) is 9.54. The largest absolute Gasteiger partial charge is 0.508 e. The van der Waals surface area contributed by atoms with Crippen LogP contribution in [0.15, 0.2) is 47.6 Å². The number of rotatable bonds is 6. The van der Waals surface area contributed by atoms with Gasteiger partial charge >= 0.3 is 0 Å². The Balaban J connectivity index is 0.00000320. The van der Waals surface area contributed by atoms with Crippen LogP contribution in [-0.4, -0.2) is 54.2 Å². The predicted octanol–water partition coefficient (Wildman–Crippen LogP) is 2.32. The van der Waals surface area contributed by atoms with Crippen LogP contribution < -0.4 is 20.9 Å². The van der Waals surface area contributed by atoms with Gasteiger partial charge < -0.3 is 26.0 Å². The number of pyridine rings is 1. The fraction of sp³-hybridized carbons (Fsp3) is 0.350. The average molecular weight is 528 g/mol. The molecule has 1 aromatic carbocycles. The van der Waals surface area contributed by atoms with E-state index in [1.807, 2.05) is 11.8 Å². The van der Waals surface area contributed by atoms with Crippen molar-refractivity contribution in [3.05, 3.63) is 48.4 Å². The number of phenolic OH excluding ortho intramolecular Hbond substituents is 1. The van der Waals surface area contributed by atoms with Gasteiger partial charge in [0.1, 0.15) is 12.3 Å². The second-order valence-corrected chi connectivity index (χ2v) is 6.67. The van der Waals surface area contributed by atoms with Gasteiger partial charge in [-0.15, -0.1) is 24.0 Å². The molecule has 0 radical (unpaired) electrons. The van der Waals surface area contributed by atoms with E-state index < -0.39 is 0 Å². The molecule has 0 saturated carbocycles. The summed E-state index contributed by atoms with van der Waals surface area (Å²) in [6, 6.07) is 9.27. The molecule has 1 aromatic heterocycles. The summed E-state index contributed by atoms with van der Waals surface area (Å²) in [7, 11) is 0. The van der Waals surface area contributed by atoms with Crippen LogP contribution in [0.2, 0.25) is 0 Å². The van der Waals surface area contributed by atoms with Crippen LogP contribution in [0.4, 0.5) is 15.9 Å². The molecule has 1 aliphatic rings. The number of aromatic hydroxyl groups is 1. The van der Waals surface area contributed by atoms with Gasteiger partial charge in [-0.3, -0.25) is 4.79 Å². The molecule has 3 rings (SSSR count). The zero-order chi connectivity index (χ0) is 20.6. The summed E-state index contributed by atoms with van der Waals surface area (Å²) in [5.74, 6) is 0.417. The number of guanidine groups is 1. The summed E-state index contributed by atoms with van der Waals surface area (Å²) in [4.78, 5) is 22.5. The van der Waals surface area contributed by atoms with E-state index in [4.69, 9.17) is 0 Å². The van der Waals surface area contributed by atoms with Crippen LogP contribution in [0.1, 0.15) is 13.3 Å². The Morgan fingerprint density at radius 2 is 2.10 bits per heavy atom. The Labute approximate surface area is 192 Å². The van der Waals surface area contributed by atoms with E-state index in [1.165, 1.54) is 18.2 Å².